The first-order chi connectivity index (χ1) is 11.3. The molecule has 0 unspecified atom stereocenters. The average molecular weight is 351 g/mol. The molecule has 2 heterocycles. The van der Waals surface area contributed by atoms with Crippen molar-refractivity contribution in [3.8, 4) is 0 Å². The summed E-state index contributed by atoms with van der Waals surface area (Å²) in [7, 11) is -2.30. The Hall–Kier alpha value is -2.35. The number of nitrogens with one attached hydrogen (secondary N) is 1. The van der Waals surface area contributed by atoms with E-state index in [2.05, 4.69) is 4.72 Å². The monoisotopic (exact) mass is 351 g/mol. The van der Waals surface area contributed by atoms with Gasteiger partial charge in [-0.3, -0.25) is 9.52 Å². The normalized spacial score (nSPS) is 15.1. The molecule has 6 nitrogen and oxygen atoms in total. The molecule has 1 aromatic carbocycles. The largest absolute Gasteiger partial charge is 0.342 e. The zero-order valence-corrected chi connectivity index (χ0v) is 14.2. The minimum atomic E-state index is -3.98. The van der Waals surface area contributed by atoms with Gasteiger partial charge in [-0.25, -0.2) is 12.8 Å². The van der Waals surface area contributed by atoms with E-state index in [1.807, 2.05) is 0 Å². The third kappa shape index (κ3) is 3.01. The number of nitrogens with zero attached hydrogens (tertiary/aromatic N) is 2. The van der Waals surface area contributed by atoms with Crippen LogP contribution >= 0.6 is 0 Å². The third-order valence-electron chi connectivity index (χ3n) is 4.01. The van der Waals surface area contributed by atoms with Gasteiger partial charge in [0.15, 0.2) is 0 Å². The number of aromatic nitrogens is 1. The van der Waals surface area contributed by atoms with Gasteiger partial charge in [0.05, 0.1) is 5.69 Å². The molecule has 24 heavy (non-hydrogen) atoms. The van der Waals surface area contributed by atoms with Crippen LogP contribution in [0.25, 0.3) is 0 Å². The second kappa shape index (κ2) is 5.94. The second-order valence-electron chi connectivity index (χ2n) is 5.92. The number of carbonyl (C=O) groups excluding carboxylic acids is 1. The van der Waals surface area contributed by atoms with Gasteiger partial charge in [-0.15, -0.1) is 0 Å². The molecule has 3 rings (SSSR count). The van der Waals surface area contributed by atoms with Gasteiger partial charge in [0.2, 0.25) is 0 Å². The van der Waals surface area contributed by atoms with Crippen LogP contribution in [-0.4, -0.2) is 37.4 Å². The van der Waals surface area contributed by atoms with Gasteiger partial charge in [-0.2, -0.15) is 0 Å². The Kier molecular flexibility index (Phi) is 4.08. The van der Waals surface area contributed by atoms with Crippen molar-refractivity contribution in [1.29, 1.82) is 0 Å². The molecule has 1 aliphatic heterocycles. The molecule has 0 bridgehead atoms. The van der Waals surface area contributed by atoms with E-state index in [9.17, 15) is 17.6 Å². The summed E-state index contributed by atoms with van der Waals surface area (Å²) in [6.45, 7) is 2.92. The molecule has 0 atom stereocenters. The fraction of sp³-hybridized carbons (Fsp3) is 0.312. The van der Waals surface area contributed by atoms with Crippen LogP contribution in [0.2, 0.25) is 0 Å². The predicted octanol–water partition coefficient (Wildman–Crippen LogP) is 2.21. The van der Waals surface area contributed by atoms with Gasteiger partial charge in [-0.1, -0.05) is 6.07 Å². The Morgan fingerprint density at radius 1 is 1.21 bits per heavy atom. The Bertz CT molecular complexity index is 905. The predicted molar refractivity (Wildman–Crippen MR) is 88.0 cm³/mol. The van der Waals surface area contributed by atoms with Crippen LogP contribution in [0.5, 0.6) is 0 Å². The zero-order valence-electron chi connectivity index (χ0n) is 13.4. The van der Waals surface area contributed by atoms with Crippen LogP contribution in [0.15, 0.2) is 35.4 Å². The van der Waals surface area contributed by atoms with E-state index in [-0.39, 0.29) is 16.5 Å². The van der Waals surface area contributed by atoms with Crippen LogP contribution in [0.1, 0.15) is 22.5 Å². The first kappa shape index (κ1) is 16.5. The highest BCUT2D eigenvalue weighted by Crippen LogP contribution is 2.23. The molecule has 1 N–H and O–H groups in total. The molecule has 0 saturated heterocycles. The van der Waals surface area contributed by atoms with Crippen molar-refractivity contribution in [1.82, 2.24) is 9.47 Å². The number of aryl methyl sites for hydroxylation is 2. The van der Waals surface area contributed by atoms with Gasteiger partial charge in [0, 0.05) is 26.3 Å². The van der Waals surface area contributed by atoms with Gasteiger partial charge in [-0.05, 0) is 37.1 Å². The lowest BCUT2D eigenvalue weighted by Crippen LogP contribution is -2.26. The van der Waals surface area contributed by atoms with E-state index in [1.165, 1.54) is 24.4 Å². The molecule has 128 valence electrons. The maximum atomic E-state index is 13.8. The first-order valence-corrected chi connectivity index (χ1v) is 9.01. The number of anilines is 1. The lowest BCUT2D eigenvalue weighted by atomic mass is 10.2. The van der Waals surface area contributed by atoms with Crippen LogP contribution in [0.3, 0.4) is 0 Å². The highest BCUT2D eigenvalue weighted by molar-refractivity contribution is 7.92. The molecule has 1 aromatic heterocycles. The van der Waals surface area contributed by atoms with E-state index < -0.39 is 15.8 Å². The Labute approximate surface area is 139 Å². The molecule has 1 aliphatic rings. The molecular formula is C16H18FN3O3S. The maximum absolute atomic E-state index is 13.8. The summed E-state index contributed by atoms with van der Waals surface area (Å²) >= 11 is 0. The molecule has 0 radical (unpaired) electrons. The van der Waals surface area contributed by atoms with E-state index in [4.69, 9.17) is 0 Å². The summed E-state index contributed by atoms with van der Waals surface area (Å²) in [5, 5.41) is 0. The van der Waals surface area contributed by atoms with Crippen molar-refractivity contribution in [2.75, 3.05) is 18.3 Å². The summed E-state index contributed by atoms with van der Waals surface area (Å²) in [4.78, 5) is 13.8. The number of benzene rings is 1. The molecule has 0 saturated carbocycles. The summed E-state index contributed by atoms with van der Waals surface area (Å²) in [6, 6.07) is 5.52. The SMILES string of the molecule is Cc1ccc(F)c(NS(=O)(=O)c2cc3n(c2)CCCN(C)C3=O)c1. The zero-order chi connectivity index (χ0) is 17.5. The summed E-state index contributed by atoms with van der Waals surface area (Å²) in [6.07, 6.45) is 2.16. The molecular weight excluding hydrogens is 333 g/mol. The number of rotatable bonds is 3. The Morgan fingerprint density at radius 3 is 2.71 bits per heavy atom. The number of carbonyl (C=O) groups is 1. The van der Waals surface area contributed by atoms with Gasteiger partial charge in [0.1, 0.15) is 16.4 Å². The molecule has 8 heteroatoms. The summed E-state index contributed by atoms with van der Waals surface area (Å²) in [5.41, 5.74) is 0.943. The fourth-order valence-corrected chi connectivity index (χ4v) is 3.79. The lowest BCUT2D eigenvalue weighted by Gasteiger charge is -2.12. The van der Waals surface area contributed by atoms with Crippen molar-refractivity contribution in [3.63, 3.8) is 0 Å². The average Bonchev–Trinajstić information content (AvgIpc) is 2.90. The van der Waals surface area contributed by atoms with E-state index >= 15 is 0 Å². The third-order valence-corrected chi connectivity index (χ3v) is 5.34. The topological polar surface area (TPSA) is 71.4 Å². The summed E-state index contributed by atoms with van der Waals surface area (Å²) in [5.74, 6) is -0.878. The highest BCUT2D eigenvalue weighted by Gasteiger charge is 2.25. The minimum absolute atomic E-state index is 0.0537. The molecule has 0 aliphatic carbocycles. The number of hydrogen-bond acceptors (Lipinski definition) is 3. The Balaban J connectivity index is 1.97. The molecule has 2 aromatic rings. The van der Waals surface area contributed by atoms with E-state index in [0.717, 1.165) is 12.0 Å². The van der Waals surface area contributed by atoms with Crippen LogP contribution in [0, 0.1) is 12.7 Å². The van der Waals surface area contributed by atoms with Crippen molar-refractivity contribution in [2.24, 2.45) is 0 Å². The number of amides is 1. The molecule has 0 spiro atoms. The Morgan fingerprint density at radius 2 is 1.96 bits per heavy atom. The van der Waals surface area contributed by atoms with Crippen molar-refractivity contribution in [2.45, 2.75) is 24.8 Å². The minimum Gasteiger partial charge on any atom is -0.342 e. The summed E-state index contributed by atoms with van der Waals surface area (Å²) < 4.78 is 42.8. The maximum Gasteiger partial charge on any atom is 0.270 e. The first-order valence-electron chi connectivity index (χ1n) is 7.52. The van der Waals surface area contributed by atoms with Gasteiger partial charge >= 0.3 is 0 Å². The van der Waals surface area contributed by atoms with Crippen molar-refractivity contribution < 1.29 is 17.6 Å². The highest BCUT2D eigenvalue weighted by atomic mass is 32.2. The van der Waals surface area contributed by atoms with Crippen LogP contribution in [0.4, 0.5) is 10.1 Å². The lowest BCUT2D eigenvalue weighted by molar-refractivity contribution is 0.0796. The van der Waals surface area contributed by atoms with Gasteiger partial charge < -0.3 is 9.47 Å². The van der Waals surface area contributed by atoms with Gasteiger partial charge in [0.25, 0.3) is 15.9 Å². The van der Waals surface area contributed by atoms with Crippen molar-refractivity contribution in [3.05, 3.63) is 47.5 Å². The van der Waals surface area contributed by atoms with Crippen LogP contribution < -0.4 is 4.72 Å². The number of halogens is 1. The number of sulfonamides is 1. The van der Waals surface area contributed by atoms with Crippen molar-refractivity contribution >= 4 is 21.6 Å². The smallest absolute Gasteiger partial charge is 0.270 e. The standard InChI is InChI=1S/C16H18FN3O3S/c1-11-4-5-13(17)14(8-11)18-24(22,23)12-9-15-16(21)19(2)6-3-7-20(15)10-12/h4-5,8-10,18H,3,6-7H2,1-2H3. The van der Waals surface area contributed by atoms with E-state index in [0.29, 0.717) is 18.8 Å². The number of fused-ring (bicyclic) bond motifs is 1. The number of hydrogen-bond donors (Lipinski definition) is 1. The molecule has 0 fully saturated rings. The van der Waals surface area contributed by atoms with Crippen LogP contribution in [-0.2, 0) is 16.6 Å². The fourth-order valence-electron chi connectivity index (χ4n) is 2.69. The molecule has 1 amide bonds. The van der Waals surface area contributed by atoms with E-state index in [1.54, 1.807) is 29.5 Å². The second-order valence-corrected chi connectivity index (χ2v) is 7.61. The quantitative estimate of drug-likeness (QED) is 0.922.